The van der Waals surface area contributed by atoms with Crippen molar-refractivity contribution in [3.05, 3.63) is 47.3 Å². The molecule has 2 heterocycles. The number of amides is 3. The van der Waals surface area contributed by atoms with Crippen molar-refractivity contribution in [2.45, 2.75) is 13.5 Å². The molecule has 3 rings (SSSR count). The van der Waals surface area contributed by atoms with Gasteiger partial charge < -0.3 is 5.32 Å². The first-order chi connectivity index (χ1) is 10.1. The minimum Gasteiger partial charge on any atom is -0.320 e. The Balaban J connectivity index is 1.91. The van der Waals surface area contributed by atoms with E-state index < -0.39 is 17.7 Å². The number of fused-ring (bicyclic) bond motifs is 1. The molecule has 0 atom stereocenters. The van der Waals surface area contributed by atoms with E-state index in [1.807, 2.05) is 6.92 Å². The first-order valence-corrected chi connectivity index (χ1v) is 6.43. The summed E-state index contributed by atoms with van der Waals surface area (Å²) in [6.45, 7) is 2.57. The lowest BCUT2D eigenvalue weighted by Crippen LogP contribution is -2.21. The van der Waals surface area contributed by atoms with Crippen LogP contribution in [0.3, 0.4) is 0 Å². The molecule has 7 heteroatoms. The quantitative estimate of drug-likeness (QED) is 0.823. The van der Waals surface area contributed by atoms with Crippen molar-refractivity contribution < 1.29 is 14.4 Å². The van der Waals surface area contributed by atoms with E-state index in [-0.39, 0.29) is 16.8 Å². The van der Waals surface area contributed by atoms with Gasteiger partial charge in [-0.15, -0.1) is 0 Å². The van der Waals surface area contributed by atoms with Gasteiger partial charge in [0, 0.05) is 12.7 Å². The molecule has 21 heavy (non-hydrogen) atoms. The Morgan fingerprint density at radius 1 is 1.29 bits per heavy atom. The second kappa shape index (κ2) is 4.86. The average molecular weight is 284 g/mol. The summed E-state index contributed by atoms with van der Waals surface area (Å²) in [6, 6.07) is 6.31. The third-order valence-electron chi connectivity index (χ3n) is 3.21. The zero-order valence-electron chi connectivity index (χ0n) is 11.2. The van der Waals surface area contributed by atoms with Crippen LogP contribution < -0.4 is 10.6 Å². The van der Waals surface area contributed by atoms with Crippen LogP contribution in [0.4, 0.5) is 5.69 Å². The first kappa shape index (κ1) is 13.0. The molecular weight excluding hydrogens is 272 g/mol. The zero-order chi connectivity index (χ0) is 15.0. The fourth-order valence-corrected chi connectivity index (χ4v) is 2.17. The summed E-state index contributed by atoms with van der Waals surface area (Å²) in [6.07, 6.45) is 1.70. The lowest BCUT2D eigenvalue weighted by atomic mass is 10.1. The number of rotatable bonds is 3. The largest absolute Gasteiger partial charge is 0.320 e. The van der Waals surface area contributed by atoms with Crippen LogP contribution >= 0.6 is 0 Å². The number of hydrogen-bond donors (Lipinski definition) is 2. The summed E-state index contributed by atoms with van der Waals surface area (Å²) in [5.41, 5.74) is 0.994. The van der Waals surface area contributed by atoms with Gasteiger partial charge in [0.05, 0.1) is 16.8 Å². The molecule has 1 aromatic heterocycles. The average Bonchev–Trinajstić information content (AvgIpc) is 3.05. The van der Waals surface area contributed by atoms with Gasteiger partial charge in [0.1, 0.15) is 0 Å². The first-order valence-electron chi connectivity index (χ1n) is 6.43. The van der Waals surface area contributed by atoms with E-state index in [0.717, 1.165) is 0 Å². The molecule has 2 aromatic rings. The van der Waals surface area contributed by atoms with Crippen LogP contribution in [0.5, 0.6) is 0 Å². The maximum Gasteiger partial charge on any atom is 0.276 e. The highest BCUT2D eigenvalue weighted by Gasteiger charge is 2.29. The highest BCUT2D eigenvalue weighted by atomic mass is 16.2. The smallest absolute Gasteiger partial charge is 0.276 e. The van der Waals surface area contributed by atoms with Crippen LogP contribution in [0.15, 0.2) is 30.5 Å². The highest BCUT2D eigenvalue weighted by molar-refractivity contribution is 6.24. The van der Waals surface area contributed by atoms with Crippen molar-refractivity contribution in [2.24, 2.45) is 0 Å². The van der Waals surface area contributed by atoms with Crippen LogP contribution in [0.25, 0.3) is 0 Å². The third kappa shape index (κ3) is 2.18. The molecule has 0 fully saturated rings. The lowest BCUT2D eigenvalue weighted by Gasteiger charge is -2.06. The number of aromatic nitrogens is 2. The number of benzene rings is 1. The molecule has 2 N–H and O–H groups in total. The van der Waals surface area contributed by atoms with Gasteiger partial charge in [-0.3, -0.25) is 24.4 Å². The van der Waals surface area contributed by atoms with Crippen molar-refractivity contribution in [2.75, 3.05) is 5.32 Å². The summed E-state index contributed by atoms with van der Waals surface area (Å²) in [5, 5.41) is 8.91. The Labute approximate surface area is 119 Å². The fraction of sp³-hybridized carbons (Fsp3) is 0.143. The topological polar surface area (TPSA) is 93.1 Å². The second-order valence-electron chi connectivity index (χ2n) is 4.52. The number of imide groups is 1. The van der Waals surface area contributed by atoms with Crippen LogP contribution in [-0.4, -0.2) is 27.5 Å². The maximum absolute atomic E-state index is 12.1. The standard InChI is InChI=1S/C14H12N4O3/c1-2-18-7-6-10(17-18)13(20)15-9-5-3-4-8-11(9)14(21)16-12(8)19/h3-7H,2H2,1H3,(H,15,20)(H,16,19,21). The normalized spacial score (nSPS) is 13.0. The van der Waals surface area contributed by atoms with Gasteiger partial charge in [0.2, 0.25) is 0 Å². The molecule has 1 aliphatic heterocycles. The Hall–Kier alpha value is -2.96. The van der Waals surface area contributed by atoms with E-state index in [0.29, 0.717) is 12.2 Å². The molecule has 0 radical (unpaired) electrons. The number of nitrogens with zero attached hydrogens (tertiary/aromatic N) is 2. The van der Waals surface area contributed by atoms with Gasteiger partial charge in [-0.25, -0.2) is 0 Å². The molecule has 106 valence electrons. The Kier molecular flexibility index (Phi) is 3.02. The van der Waals surface area contributed by atoms with Crippen LogP contribution in [0.1, 0.15) is 38.1 Å². The fourth-order valence-electron chi connectivity index (χ4n) is 2.17. The van der Waals surface area contributed by atoms with E-state index in [1.54, 1.807) is 29.1 Å². The third-order valence-corrected chi connectivity index (χ3v) is 3.21. The highest BCUT2D eigenvalue weighted by Crippen LogP contribution is 2.24. The van der Waals surface area contributed by atoms with Gasteiger partial charge in [-0.2, -0.15) is 5.10 Å². The van der Waals surface area contributed by atoms with Gasteiger partial charge in [-0.05, 0) is 25.1 Å². The van der Waals surface area contributed by atoms with E-state index in [4.69, 9.17) is 0 Å². The number of carbonyl (C=O) groups is 3. The van der Waals surface area contributed by atoms with Crippen LogP contribution in [-0.2, 0) is 6.54 Å². The second-order valence-corrected chi connectivity index (χ2v) is 4.52. The summed E-state index contributed by atoms with van der Waals surface area (Å²) >= 11 is 0. The summed E-state index contributed by atoms with van der Waals surface area (Å²) in [5.74, 6) is -1.39. The van der Waals surface area contributed by atoms with Gasteiger partial charge in [0.15, 0.2) is 5.69 Å². The molecule has 0 unspecified atom stereocenters. The minimum atomic E-state index is -0.509. The lowest BCUT2D eigenvalue weighted by molar-refractivity contribution is 0.0879. The number of hydrogen-bond acceptors (Lipinski definition) is 4. The molecule has 0 saturated carbocycles. The van der Waals surface area contributed by atoms with E-state index in [1.165, 1.54) is 6.07 Å². The zero-order valence-corrected chi connectivity index (χ0v) is 11.2. The van der Waals surface area contributed by atoms with Crippen LogP contribution in [0.2, 0.25) is 0 Å². The maximum atomic E-state index is 12.1. The number of aryl methyl sites for hydroxylation is 1. The molecular formula is C14H12N4O3. The Bertz CT molecular complexity index is 763. The van der Waals surface area contributed by atoms with E-state index in [9.17, 15) is 14.4 Å². The molecule has 0 bridgehead atoms. The Morgan fingerprint density at radius 2 is 2.10 bits per heavy atom. The molecule has 3 amide bonds. The van der Waals surface area contributed by atoms with Gasteiger partial charge in [0.25, 0.3) is 17.7 Å². The molecule has 0 saturated heterocycles. The van der Waals surface area contributed by atoms with Crippen molar-refractivity contribution >= 4 is 23.4 Å². The number of anilines is 1. The van der Waals surface area contributed by atoms with Crippen molar-refractivity contribution in [1.82, 2.24) is 15.1 Å². The monoisotopic (exact) mass is 284 g/mol. The van der Waals surface area contributed by atoms with E-state index in [2.05, 4.69) is 15.7 Å². The Morgan fingerprint density at radius 3 is 2.81 bits per heavy atom. The molecule has 7 nitrogen and oxygen atoms in total. The predicted molar refractivity (Wildman–Crippen MR) is 74.1 cm³/mol. The van der Waals surface area contributed by atoms with E-state index >= 15 is 0 Å². The summed E-state index contributed by atoms with van der Waals surface area (Å²) in [7, 11) is 0. The molecule has 1 aliphatic rings. The number of nitrogens with one attached hydrogen (secondary N) is 2. The minimum absolute atomic E-state index is 0.186. The van der Waals surface area contributed by atoms with Crippen LogP contribution in [0, 0.1) is 0 Å². The molecule has 1 aromatic carbocycles. The molecule has 0 aliphatic carbocycles. The molecule has 0 spiro atoms. The number of carbonyl (C=O) groups excluding carboxylic acids is 3. The van der Waals surface area contributed by atoms with Crippen molar-refractivity contribution in [3.63, 3.8) is 0 Å². The predicted octanol–water partition coefficient (Wildman–Crippen LogP) is 1.04. The summed E-state index contributed by atoms with van der Waals surface area (Å²) in [4.78, 5) is 35.5. The van der Waals surface area contributed by atoms with Gasteiger partial charge in [-0.1, -0.05) is 6.07 Å². The summed E-state index contributed by atoms with van der Waals surface area (Å²) < 4.78 is 1.63. The van der Waals surface area contributed by atoms with Gasteiger partial charge >= 0.3 is 0 Å². The van der Waals surface area contributed by atoms with Crippen molar-refractivity contribution in [1.29, 1.82) is 0 Å². The van der Waals surface area contributed by atoms with Crippen molar-refractivity contribution in [3.8, 4) is 0 Å². The SMILES string of the molecule is CCn1ccc(C(=O)Nc2cccc3c2C(=O)NC3=O)n1.